The van der Waals surface area contributed by atoms with Crippen molar-refractivity contribution in [1.82, 2.24) is 10.3 Å². The standard InChI is InChI=1S/C24H22F3N7O/c25-24(26,27)18-7-9-31-20(12-18)32-23(35)16-5-3-15(4-6-16)22-33-21(17-2-1-8-29-13-17)19-14-30-10-11-34(19,22)28/h3-7,9-12,14,17,29H,1-2,8,13,28H2/p+1. The highest BCUT2D eigenvalue weighted by Crippen LogP contribution is 2.36. The molecule has 1 saturated heterocycles. The number of pyridine rings is 1. The van der Waals surface area contributed by atoms with Crippen molar-refractivity contribution in [3.8, 4) is 0 Å². The molecular formula is C24H23F3N7O+. The van der Waals surface area contributed by atoms with Gasteiger partial charge in [0, 0.05) is 24.2 Å². The van der Waals surface area contributed by atoms with Crippen LogP contribution in [0.25, 0.3) is 0 Å². The molecule has 180 valence electrons. The Bertz CT molecular complexity index is 1270. The SMILES string of the molecule is N[N+]12C=CN=CC1=C(C1CCCNC1)N=C2c1ccc(C(=O)Nc2cc(C(F)(F)F)ccn2)cc1. The van der Waals surface area contributed by atoms with Crippen LogP contribution in [0.15, 0.2) is 76.4 Å². The van der Waals surface area contributed by atoms with Gasteiger partial charge in [-0.05, 0) is 55.8 Å². The molecule has 2 unspecified atom stereocenters. The minimum absolute atomic E-state index is 0.116. The summed E-state index contributed by atoms with van der Waals surface area (Å²) in [6.45, 7) is 1.79. The Balaban J connectivity index is 1.38. The molecule has 1 amide bonds. The Kier molecular flexibility index (Phi) is 5.83. The van der Waals surface area contributed by atoms with Crippen molar-refractivity contribution in [2.45, 2.75) is 19.0 Å². The van der Waals surface area contributed by atoms with Crippen molar-refractivity contribution in [2.75, 3.05) is 18.4 Å². The van der Waals surface area contributed by atoms with Gasteiger partial charge in [-0.2, -0.15) is 24.0 Å². The Morgan fingerprint density at radius 2 is 2.00 bits per heavy atom. The highest BCUT2D eigenvalue weighted by molar-refractivity contribution is 6.05. The number of piperidine rings is 1. The summed E-state index contributed by atoms with van der Waals surface area (Å²) in [7, 11) is 0. The molecule has 1 aromatic heterocycles. The number of carbonyl (C=O) groups excluding carboxylic acids is 1. The number of nitrogens with one attached hydrogen (secondary N) is 2. The van der Waals surface area contributed by atoms with Crippen LogP contribution in [0.3, 0.4) is 0 Å². The fourth-order valence-electron chi connectivity index (χ4n) is 4.43. The van der Waals surface area contributed by atoms with Crippen LogP contribution in [-0.2, 0) is 6.18 Å². The number of nitrogens with zero attached hydrogens (tertiary/aromatic N) is 4. The van der Waals surface area contributed by atoms with E-state index in [0.29, 0.717) is 5.84 Å². The van der Waals surface area contributed by atoms with Gasteiger partial charge in [0.25, 0.3) is 11.7 Å². The molecule has 8 nitrogen and oxygen atoms in total. The highest BCUT2D eigenvalue weighted by atomic mass is 19.4. The summed E-state index contributed by atoms with van der Waals surface area (Å²) in [5, 5.41) is 5.81. The van der Waals surface area contributed by atoms with Crippen LogP contribution in [0, 0.1) is 5.92 Å². The van der Waals surface area contributed by atoms with E-state index in [0.717, 1.165) is 61.2 Å². The van der Waals surface area contributed by atoms with E-state index in [1.807, 2.05) is 0 Å². The zero-order valence-corrected chi connectivity index (χ0v) is 18.6. The molecule has 4 N–H and O–H groups in total. The maximum Gasteiger partial charge on any atom is 0.416 e. The molecule has 0 aliphatic carbocycles. The van der Waals surface area contributed by atoms with Crippen molar-refractivity contribution < 1.29 is 22.6 Å². The van der Waals surface area contributed by atoms with E-state index in [-0.39, 0.29) is 21.9 Å². The third-order valence-electron chi connectivity index (χ3n) is 6.24. The number of hydrogen-bond acceptors (Lipinski definition) is 6. The molecule has 4 heterocycles. The highest BCUT2D eigenvalue weighted by Gasteiger charge is 2.45. The maximum absolute atomic E-state index is 12.9. The second-order valence-electron chi connectivity index (χ2n) is 8.56. The predicted octanol–water partition coefficient (Wildman–Crippen LogP) is 3.57. The van der Waals surface area contributed by atoms with Crippen molar-refractivity contribution >= 4 is 23.8 Å². The zero-order valence-electron chi connectivity index (χ0n) is 18.6. The van der Waals surface area contributed by atoms with Gasteiger partial charge >= 0.3 is 6.18 Å². The molecule has 1 fully saturated rings. The van der Waals surface area contributed by atoms with Gasteiger partial charge in [0.2, 0.25) is 5.70 Å². The molecule has 0 saturated carbocycles. The molecule has 11 heteroatoms. The van der Waals surface area contributed by atoms with E-state index >= 15 is 0 Å². The lowest BCUT2D eigenvalue weighted by Crippen LogP contribution is -2.53. The third kappa shape index (κ3) is 4.41. The summed E-state index contributed by atoms with van der Waals surface area (Å²) in [4.78, 5) is 25.6. The fourth-order valence-corrected chi connectivity index (χ4v) is 4.43. The molecule has 1 aromatic carbocycles. The van der Waals surface area contributed by atoms with Crippen LogP contribution in [0.2, 0.25) is 0 Å². The van der Waals surface area contributed by atoms with Crippen molar-refractivity contribution in [2.24, 2.45) is 21.7 Å². The first kappa shape index (κ1) is 23.1. The first-order valence-corrected chi connectivity index (χ1v) is 11.1. The fraction of sp³-hybridized carbons (Fsp3) is 0.250. The van der Waals surface area contributed by atoms with Gasteiger partial charge in [-0.1, -0.05) is 0 Å². The first-order chi connectivity index (χ1) is 16.8. The summed E-state index contributed by atoms with van der Waals surface area (Å²) in [6, 6.07) is 8.24. The molecular weight excluding hydrogens is 459 g/mol. The van der Waals surface area contributed by atoms with Crippen molar-refractivity contribution in [1.29, 1.82) is 0 Å². The van der Waals surface area contributed by atoms with E-state index < -0.39 is 17.6 Å². The number of rotatable bonds is 4. The smallest absolute Gasteiger partial charge is 0.316 e. The summed E-state index contributed by atoms with van der Waals surface area (Å²) in [6.07, 6.45) is 3.66. The monoisotopic (exact) mass is 482 g/mol. The predicted molar refractivity (Wildman–Crippen MR) is 125 cm³/mol. The van der Waals surface area contributed by atoms with E-state index in [1.165, 1.54) is 0 Å². The van der Waals surface area contributed by atoms with Gasteiger partial charge in [0.05, 0.1) is 23.5 Å². The maximum atomic E-state index is 12.9. The molecule has 3 aliphatic heterocycles. The Labute approximate surface area is 199 Å². The molecule has 35 heavy (non-hydrogen) atoms. The average Bonchev–Trinajstić information content (AvgIpc) is 3.17. The third-order valence-corrected chi connectivity index (χ3v) is 6.24. The van der Waals surface area contributed by atoms with Gasteiger partial charge in [0.15, 0.2) is 0 Å². The molecule has 5 rings (SSSR count). The molecule has 2 aromatic rings. The number of nitrogens with two attached hydrogens (primary N) is 1. The second kappa shape index (κ2) is 8.84. The van der Waals surface area contributed by atoms with Gasteiger partial charge in [-0.15, -0.1) is 4.59 Å². The lowest BCUT2D eigenvalue weighted by Gasteiger charge is -2.27. The Morgan fingerprint density at radius 3 is 2.71 bits per heavy atom. The number of quaternary nitrogens is 1. The Morgan fingerprint density at radius 1 is 1.20 bits per heavy atom. The van der Waals surface area contributed by atoms with E-state index in [1.54, 1.807) is 42.9 Å². The summed E-state index contributed by atoms with van der Waals surface area (Å²) < 4.78 is 38.7. The van der Waals surface area contributed by atoms with E-state index in [2.05, 4.69) is 20.6 Å². The lowest BCUT2D eigenvalue weighted by atomic mass is 9.95. The number of carbonyl (C=O) groups is 1. The normalized spacial score (nSPS) is 23.8. The van der Waals surface area contributed by atoms with Crippen LogP contribution < -0.4 is 16.5 Å². The number of allylic oxidation sites excluding steroid dienone is 1. The van der Waals surface area contributed by atoms with Crippen LogP contribution >= 0.6 is 0 Å². The van der Waals surface area contributed by atoms with Crippen LogP contribution in [-0.4, -0.2) is 40.6 Å². The number of amidine groups is 1. The average molecular weight is 482 g/mol. The molecule has 0 radical (unpaired) electrons. The minimum Gasteiger partial charge on any atom is -0.316 e. The van der Waals surface area contributed by atoms with Gasteiger partial charge < -0.3 is 10.6 Å². The number of fused-ring (bicyclic) bond motifs is 1. The Hall–Kier alpha value is -3.67. The largest absolute Gasteiger partial charge is 0.416 e. The van der Waals surface area contributed by atoms with Crippen LogP contribution in [0.5, 0.6) is 0 Å². The number of aromatic nitrogens is 1. The van der Waals surface area contributed by atoms with Gasteiger partial charge in [0.1, 0.15) is 17.7 Å². The quantitative estimate of drug-likeness (QED) is 0.458. The number of anilines is 1. The van der Waals surface area contributed by atoms with Gasteiger partial charge in [-0.25, -0.2) is 4.98 Å². The molecule has 0 spiro atoms. The number of alkyl halides is 3. The van der Waals surface area contributed by atoms with Crippen molar-refractivity contribution in [3.05, 3.63) is 83.1 Å². The first-order valence-electron chi connectivity index (χ1n) is 11.1. The molecule has 0 bridgehead atoms. The number of aliphatic imine (C=N–C) groups is 2. The van der Waals surface area contributed by atoms with Crippen molar-refractivity contribution in [3.63, 3.8) is 0 Å². The van der Waals surface area contributed by atoms with E-state index in [9.17, 15) is 18.0 Å². The lowest BCUT2D eigenvalue weighted by molar-refractivity contribution is -0.750. The number of benzene rings is 1. The summed E-state index contributed by atoms with van der Waals surface area (Å²) in [5.74, 6) is 6.83. The second-order valence-corrected chi connectivity index (χ2v) is 8.56. The number of halogens is 3. The van der Waals surface area contributed by atoms with E-state index in [4.69, 9.17) is 10.8 Å². The van der Waals surface area contributed by atoms with Crippen LogP contribution in [0.1, 0.15) is 34.3 Å². The van der Waals surface area contributed by atoms with Crippen LogP contribution in [0.4, 0.5) is 19.0 Å². The van der Waals surface area contributed by atoms with Gasteiger partial charge in [-0.3, -0.25) is 9.79 Å². The molecule has 3 aliphatic rings. The number of hydrogen-bond donors (Lipinski definition) is 3. The minimum atomic E-state index is -4.53. The topological polar surface area (TPSA) is 105 Å². The molecule has 2 atom stereocenters. The summed E-state index contributed by atoms with van der Waals surface area (Å²) >= 11 is 0. The zero-order chi connectivity index (χ0) is 24.6. The summed E-state index contributed by atoms with van der Waals surface area (Å²) in [5.41, 5.74) is 1.81. The number of amides is 1.